The third-order valence-corrected chi connectivity index (χ3v) is 4.19. The summed E-state index contributed by atoms with van der Waals surface area (Å²) >= 11 is 0. The van der Waals surface area contributed by atoms with Crippen molar-refractivity contribution in [3.05, 3.63) is 35.4 Å². The third kappa shape index (κ3) is 3.61. The van der Waals surface area contributed by atoms with E-state index in [1.54, 1.807) is 24.3 Å². The van der Waals surface area contributed by atoms with Gasteiger partial charge in [0.2, 0.25) is 0 Å². The van der Waals surface area contributed by atoms with Crippen LogP contribution < -0.4 is 5.32 Å². The molecule has 2 unspecified atom stereocenters. The molecule has 0 bridgehead atoms. The zero-order valence-electron chi connectivity index (χ0n) is 12.8. The molecule has 5 heteroatoms. The first-order valence-electron chi connectivity index (χ1n) is 7.22. The van der Waals surface area contributed by atoms with Crippen molar-refractivity contribution in [2.24, 2.45) is 0 Å². The number of ether oxygens (including phenoxy) is 1. The first-order valence-corrected chi connectivity index (χ1v) is 7.22. The molecule has 0 aromatic heterocycles. The van der Waals surface area contributed by atoms with E-state index in [9.17, 15) is 9.59 Å². The summed E-state index contributed by atoms with van der Waals surface area (Å²) in [6.07, 6.45) is 2.09. The van der Waals surface area contributed by atoms with E-state index < -0.39 is 5.97 Å². The average Bonchev–Trinajstić information content (AvgIpc) is 2.51. The van der Waals surface area contributed by atoms with E-state index in [2.05, 4.69) is 28.9 Å². The van der Waals surface area contributed by atoms with Gasteiger partial charge in [-0.25, -0.2) is 4.79 Å². The topological polar surface area (TPSA) is 58.6 Å². The molecule has 1 fully saturated rings. The van der Waals surface area contributed by atoms with Gasteiger partial charge in [-0.15, -0.1) is 0 Å². The number of hydrogen-bond acceptors (Lipinski definition) is 4. The van der Waals surface area contributed by atoms with Gasteiger partial charge in [-0.05, 0) is 57.6 Å². The van der Waals surface area contributed by atoms with Gasteiger partial charge in [0.05, 0.1) is 12.7 Å². The number of methoxy groups -OCH3 is 1. The van der Waals surface area contributed by atoms with Gasteiger partial charge in [0.1, 0.15) is 0 Å². The summed E-state index contributed by atoms with van der Waals surface area (Å²) < 4.78 is 4.64. The number of amides is 1. The molecule has 5 nitrogen and oxygen atoms in total. The number of nitrogens with zero attached hydrogens (tertiary/aromatic N) is 1. The van der Waals surface area contributed by atoms with E-state index in [1.807, 2.05) is 0 Å². The molecular weight excluding hydrogens is 268 g/mol. The minimum atomic E-state index is -0.399. The standard InChI is InChI=1S/C16H22N2O3/c1-11-14(5-4-10-18(11)2)17-15(19)12-6-8-13(9-7-12)16(20)21-3/h6-9,11,14H,4-5,10H2,1-3H3,(H,17,19). The highest BCUT2D eigenvalue weighted by molar-refractivity contribution is 5.96. The molecule has 2 rings (SSSR count). The molecule has 1 N–H and O–H groups in total. The van der Waals surface area contributed by atoms with E-state index in [0.29, 0.717) is 17.2 Å². The zero-order valence-corrected chi connectivity index (χ0v) is 12.8. The van der Waals surface area contributed by atoms with E-state index in [0.717, 1.165) is 19.4 Å². The second kappa shape index (κ2) is 6.72. The Morgan fingerprint density at radius 3 is 2.48 bits per heavy atom. The van der Waals surface area contributed by atoms with E-state index in [4.69, 9.17) is 0 Å². The summed E-state index contributed by atoms with van der Waals surface area (Å²) in [4.78, 5) is 25.9. The van der Waals surface area contributed by atoms with Crippen molar-refractivity contribution in [1.29, 1.82) is 0 Å². The number of rotatable bonds is 3. The molecule has 0 spiro atoms. The Morgan fingerprint density at radius 1 is 1.24 bits per heavy atom. The zero-order chi connectivity index (χ0) is 15.4. The molecule has 114 valence electrons. The summed E-state index contributed by atoms with van der Waals surface area (Å²) in [6, 6.07) is 7.01. The lowest BCUT2D eigenvalue weighted by molar-refractivity contribution is 0.0600. The van der Waals surface area contributed by atoms with Gasteiger partial charge >= 0.3 is 5.97 Å². The Morgan fingerprint density at radius 2 is 1.86 bits per heavy atom. The SMILES string of the molecule is COC(=O)c1ccc(C(=O)NC2CCCN(C)C2C)cc1. The molecule has 1 aliphatic rings. The van der Waals surface area contributed by atoms with Crippen molar-refractivity contribution >= 4 is 11.9 Å². The Hall–Kier alpha value is -1.88. The Labute approximate surface area is 125 Å². The lowest BCUT2D eigenvalue weighted by Crippen LogP contribution is -2.52. The fourth-order valence-electron chi connectivity index (χ4n) is 2.63. The number of carbonyl (C=O) groups excluding carboxylic acids is 2. The monoisotopic (exact) mass is 290 g/mol. The predicted molar refractivity (Wildman–Crippen MR) is 80.4 cm³/mol. The molecule has 1 aromatic rings. The van der Waals surface area contributed by atoms with Crippen LogP contribution in [0.5, 0.6) is 0 Å². The number of carbonyl (C=O) groups is 2. The minimum Gasteiger partial charge on any atom is -0.465 e. The number of esters is 1. The molecule has 0 aliphatic carbocycles. The number of hydrogen-bond donors (Lipinski definition) is 1. The van der Waals surface area contributed by atoms with Gasteiger partial charge in [-0.2, -0.15) is 0 Å². The van der Waals surface area contributed by atoms with Crippen molar-refractivity contribution in [3.63, 3.8) is 0 Å². The molecule has 0 saturated carbocycles. The minimum absolute atomic E-state index is 0.0986. The highest BCUT2D eigenvalue weighted by Crippen LogP contribution is 2.16. The van der Waals surface area contributed by atoms with Crippen LogP contribution in [0.3, 0.4) is 0 Å². The van der Waals surface area contributed by atoms with Crippen LogP contribution in [0.2, 0.25) is 0 Å². The van der Waals surface area contributed by atoms with Gasteiger partial charge in [0, 0.05) is 17.6 Å². The summed E-state index contributed by atoms with van der Waals surface area (Å²) in [7, 11) is 3.41. The van der Waals surface area contributed by atoms with Crippen LogP contribution in [0.4, 0.5) is 0 Å². The van der Waals surface area contributed by atoms with E-state index in [-0.39, 0.29) is 11.9 Å². The van der Waals surface area contributed by atoms with Crippen LogP contribution in [-0.2, 0) is 4.74 Å². The molecule has 1 aliphatic heterocycles. The highest BCUT2D eigenvalue weighted by atomic mass is 16.5. The van der Waals surface area contributed by atoms with Crippen LogP contribution in [0.1, 0.15) is 40.5 Å². The van der Waals surface area contributed by atoms with Gasteiger partial charge in [-0.3, -0.25) is 4.79 Å². The van der Waals surface area contributed by atoms with Crippen LogP contribution in [-0.4, -0.2) is 49.6 Å². The lowest BCUT2D eigenvalue weighted by atomic mass is 9.97. The van der Waals surface area contributed by atoms with Crippen LogP contribution >= 0.6 is 0 Å². The maximum atomic E-state index is 12.3. The summed E-state index contributed by atoms with van der Waals surface area (Å²) in [5, 5.41) is 3.08. The molecule has 2 atom stereocenters. The number of likely N-dealkylation sites (tertiary alicyclic amines) is 1. The summed E-state index contributed by atoms with van der Waals surface area (Å²) in [6.45, 7) is 3.20. The Bertz CT molecular complexity index is 513. The number of benzene rings is 1. The van der Waals surface area contributed by atoms with Crippen LogP contribution in [0, 0.1) is 0 Å². The molecule has 1 amide bonds. The molecular formula is C16H22N2O3. The Kier molecular flexibility index (Phi) is 4.96. The fourth-order valence-corrected chi connectivity index (χ4v) is 2.63. The summed E-state index contributed by atoms with van der Waals surface area (Å²) in [5.41, 5.74) is 1.00. The van der Waals surface area contributed by atoms with Gasteiger partial charge in [-0.1, -0.05) is 0 Å². The molecule has 1 aromatic carbocycles. The fraction of sp³-hybridized carbons (Fsp3) is 0.500. The van der Waals surface area contributed by atoms with Crippen molar-refractivity contribution < 1.29 is 14.3 Å². The summed E-state index contributed by atoms with van der Waals surface area (Å²) in [5.74, 6) is -0.497. The van der Waals surface area contributed by atoms with Crippen molar-refractivity contribution in [3.8, 4) is 0 Å². The largest absolute Gasteiger partial charge is 0.465 e. The quantitative estimate of drug-likeness (QED) is 0.861. The average molecular weight is 290 g/mol. The molecule has 1 saturated heterocycles. The van der Waals surface area contributed by atoms with Gasteiger partial charge in [0.15, 0.2) is 0 Å². The molecule has 21 heavy (non-hydrogen) atoms. The third-order valence-electron chi connectivity index (χ3n) is 4.19. The Balaban J connectivity index is 2.01. The first kappa shape index (κ1) is 15.5. The number of likely N-dealkylation sites (N-methyl/N-ethyl adjacent to an activating group) is 1. The number of nitrogens with one attached hydrogen (secondary N) is 1. The lowest BCUT2D eigenvalue weighted by Gasteiger charge is -2.37. The second-order valence-electron chi connectivity index (χ2n) is 5.51. The van der Waals surface area contributed by atoms with Crippen LogP contribution in [0.15, 0.2) is 24.3 Å². The smallest absolute Gasteiger partial charge is 0.337 e. The maximum Gasteiger partial charge on any atom is 0.337 e. The van der Waals surface area contributed by atoms with Crippen molar-refractivity contribution in [2.45, 2.75) is 31.8 Å². The second-order valence-corrected chi connectivity index (χ2v) is 5.51. The van der Waals surface area contributed by atoms with Gasteiger partial charge in [0.25, 0.3) is 5.91 Å². The molecule has 0 radical (unpaired) electrons. The highest BCUT2D eigenvalue weighted by Gasteiger charge is 2.26. The van der Waals surface area contributed by atoms with Crippen molar-refractivity contribution in [2.75, 3.05) is 20.7 Å². The first-order chi connectivity index (χ1) is 10.0. The predicted octanol–water partition coefficient (Wildman–Crippen LogP) is 1.69. The van der Waals surface area contributed by atoms with Crippen LogP contribution in [0.25, 0.3) is 0 Å². The molecule has 1 heterocycles. The number of piperidine rings is 1. The maximum absolute atomic E-state index is 12.3. The van der Waals surface area contributed by atoms with Gasteiger partial charge < -0.3 is 15.0 Å². The van der Waals surface area contributed by atoms with E-state index in [1.165, 1.54) is 7.11 Å². The normalized spacial score (nSPS) is 22.6. The van der Waals surface area contributed by atoms with E-state index >= 15 is 0 Å². The van der Waals surface area contributed by atoms with Crippen molar-refractivity contribution in [1.82, 2.24) is 10.2 Å².